The summed E-state index contributed by atoms with van der Waals surface area (Å²) in [6.45, 7) is 2.28. The molecule has 2 heteroatoms. The summed E-state index contributed by atoms with van der Waals surface area (Å²) >= 11 is 0. The molecule has 1 aliphatic heterocycles. The van der Waals surface area contributed by atoms with Crippen molar-refractivity contribution in [3.63, 3.8) is 0 Å². The zero-order chi connectivity index (χ0) is 11.2. The van der Waals surface area contributed by atoms with E-state index in [0.29, 0.717) is 0 Å². The van der Waals surface area contributed by atoms with Crippen molar-refractivity contribution in [1.82, 2.24) is 0 Å². The summed E-state index contributed by atoms with van der Waals surface area (Å²) in [6.07, 6.45) is 6.79. The predicted molar refractivity (Wildman–Crippen MR) is 63.1 cm³/mol. The molecule has 84 valence electrons. The fraction of sp³-hybridized carbons (Fsp3) is 0.429. The number of hydrogen-bond acceptors (Lipinski definition) is 2. The Morgan fingerprint density at radius 1 is 1.38 bits per heavy atom. The number of para-hydroxylation sites is 1. The molecule has 0 saturated heterocycles. The standard InChI is InChI=1S/C14H16O2/c1-14-9-4-3-8-12(14)16-13-10(14)6-5-7-11(13)15-2/h3-7,12H,8-9H2,1-2H3. The van der Waals surface area contributed by atoms with Crippen LogP contribution in [0.3, 0.4) is 0 Å². The molecule has 1 aliphatic carbocycles. The smallest absolute Gasteiger partial charge is 0.165 e. The molecule has 0 aromatic heterocycles. The van der Waals surface area contributed by atoms with Gasteiger partial charge in [-0.2, -0.15) is 0 Å². The van der Waals surface area contributed by atoms with Crippen LogP contribution in [0.1, 0.15) is 25.3 Å². The van der Waals surface area contributed by atoms with Gasteiger partial charge in [0.2, 0.25) is 0 Å². The second kappa shape index (κ2) is 3.27. The van der Waals surface area contributed by atoms with E-state index in [0.717, 1.165) is 24.3 Å². The van der Waals surface area contributed by atoms with Crippen LogP contribution < -0.4 is 9.47 Å². The van der Waals surface area contributed by atoms with Crippen LogP contribution in [0.25, 0.3) is 0 Å². The van der Waals surface area contributed by atoms with Gasteiger partial charge in [0, 0.05) is 17.4 Å². The molecule has 1 aromatic carbocycles. The molecular weight excluding hydrogens is 200 g/mol. The third-order valence-electron chi connectivity index (χ3n) is 3.84. The number of benzene rings is 1. The van der Waals surface area contributed by atoms with Gasteiger partial charge in [0.15, 0.2) is 11.5 Å². The molecule has 1 aromatic rings. The summed E-state index contributed by atoms with van der Waals surface area (Å²) in [7, 11) is 1.70. The Morgan fingerprint density at radius 3 is 3.06 bits per heavy atom. The Hall–Kier alpha value is -1.44. The minimum Gasteiger partial charge on any atom is -0.493 e. The summed E-state index contributed by atoms with van der Waals surface area (Å²) in [6, 6.07) is 6.18. The van der Waals surface area contributed by atoms with Gasteiger partial charge >= 0.3 is 0 Å². The van der Waals surface area contributed by atoms with E-state index in [9.17, 15) is 0 Å². The first kappa shape index (κ1) is 9.76. The van der Waals surface area contributed by atoms with Gasteiger partial charge in [0.05, 0.1) is 7.11 Å². The molecule has 0 saturated carbocycles. The Kier molecular flexibility index (Phi) is 2.00. The van der Waals surface area contributed by atoms with Gasteiger partial charge in [-0.25, -0.2) is 0 Å². The maximum Gasteiger partial charge on any atom is 0.165 e. The summed E-state index contributed by atoms with van der Waals surface area (Å²) in [5.41, 5.74) is 1.42. The van der Waals surface area contributed by atoms with Crippen molar-refractivity contribution in [3.8, 4) is 11.5 Å². The topological polar surface area (TPSA) is 18.5 Å². The molecule has 0 radical (unpaired) electrons. The van der Waals surface area contributed by atoms with Crippen LogP contribution in [-0.2, 0) is 5.41 Å². The number of ether oxygens (including phenoxy) is 2. The lowest BCUT2D eigenvalue weighted by atomic mass is 9.73. The number of methoxy groups -OCH3 is 1. The fourth-order valence-corrected chi connectivity index (χ4v) is 2.79. The van der Waals surface area contributed by atoms with Crippen molar-refractivity contribution in [1.29, 1.82) is 0 Å². The second-order valence-corrected chi connectivity index (χ2v) is 4.77. The third kappa shape index (κ3) is 1.13. The number of allylic oxidation sites excluding steroid dienone is 1. The summed E-state index contributed by atoms with van der Waals surface area (Å²) in [5, 5.41) is 0. The largest absolute Gasteiger partial charge is 0.493 e. The first-order valence-corrected chi connectivity index (χ1v) is 5.75. The summed E-state index contributed by atoms with van der Waals surface area (Å²) in [4.78, 5) is 0. The first-order chi connectivity index (χ1) is 7.75. The zero-order valence-corrected chi connectivity index (χ0v) is 9.69. The second-order valence-electron chi connectivity index (χ2n) is 4.77. The van der Waals surface area contributed by atoms with Gasteiger partial charge in [-0.05, 0) is 12.5 Å². The van der Waals surface area contributed by atoms with E-state index in [-0.39, 0.29) is 11.5 Å². The highest BCUT2D eigenvalue weighted by atomic mass is 16.5. The van der Waals surface area contributed by atoms with E-state index in [1.165, 1.54) is 5.56 Å². The van der Waals surface area contributed by atoms with Crippen molar-refractivity contribution in [2.45, 2.75) is 31.3 Å². The third-order valence-corrected chi connectivity index (χ3v) is 3.84. The van der Waals surface area contributed by atoms with Gasteiger partial charge < -0.3 is 9.47 Å². The van der Waals surface area contributed by atoms with E-state index in [4.69, 9.17) is 9.47 Å². The highest BCUT2D eigenvalue weighted by Gasteiger charge is 2.46. The fourth-order valence-electron chi connectivity index (χ4n) is 2.79. The number of fused-ring (bicyclic) bond motifs is 3. The van der Waals surface area contributed by atoms with Crippen molar-refractivity contribution in [3.05, 3.63) is 35.9 Å². The molecule has 16 heavy (non-hydrogen) atoms. The molecular formula is C14H16O2. The monoisotopic (exact) mass is 216 g/mol. The molecule has 2 aliphatic rings. The lowest BCUT2D eigenvalue weighted by Crippen LogP contribution is -2.36. The Labute approximate surface area is 95.9 Å². The van der Waals surface area contributed by atoms with Crippen LogP contribution in [0.2, 0.25) is 0 Å². The Balaban J connectivity index is 2.14. The maximum atomic E-state index is 6.06. The van der Waals surface area contributed by atoms with E-state index in [2.05, 4.69) is 25.1 Å². The minimum absolute atomic E-state index is 0.124. The molecule has 2 atom stereocenters. The van der Waals surface area contributed by atoms with Crippen LogP contribution in [0.4, 0.5) is 0 Å². The average molecular weight is 216 g/mol. The number of rotatable bonds is 1. The maximum absolute atomic E-state index is 6.06. The van der Waals surface area contributed by atoms with Crippen molar-refractivity contribution < 1.29 is 9.47 Å². The van der Waals surface area contributed by atoms with Gasteiger partial charge in [0.25, 0.3) is 0 Å². The first-order valence-electron chi connectivity index (χ1n) is 5.75. The molecule has 0 amide bonds. The molecule has 1 heterocycles. The van der Waals surface area contributed by atoms with Gasteiger partial charge in [0.1, 0.15) is 6.10 Å². The SMILES string of the molecule is COc1cccc2c1OC1CC=CCC21C. The van der Waals surface area contributed by atoms with Gasteiger partial charge in [-0.15, -0.1) is 0 Å². The van der Waals surface area contributed by atoms with Crippen LogP contribution >= 0.6 is 0 Å². The zero-order valence-electron chi connectivity index (χ0n) is 9.69. The van der Waals surface area contributed by atoms with E-state index in [1.54, 1.807) is 7.11 Å². The highest BCUT2D eigenvalue weighted by molar-refractivity contribution is 5.54. The van der Waals surface area contributed by atoms with Gasteiger partial charge in [-0.3, -0.25) is 0 Å². The Bertz CT molecular complexity index is 450. The highest BCUT2D eigenvalue weighted by Crippen LogP contribution is 2.51. The summed E-state index contributed by atoms with van der Waals surface area (Å²) < 4.78 is 11.4. The Morgan fingerprint density at radius 2 is 2.25 bits per heavy atom. The van der Waals surface area contributed by atoms with Crippen molar-refractivity contribution >= 4 is 0 Å². The number of hydrogen-bond donors (Lipinski definition) is 0. The lowest BCUT2D eigenvalue weighted by molar-refractivity contribution is 0.149. The quantitative estimate of drug-likeness (QED) is 0.672. The van der Waals surface area contributed by atoms with Gasteiger partial charge in [-0.1, -0.05) is 31.2 Å². The van der Waals surface area contributed by atoms with Crippen molar-refractivity contribution in [2.75, 3.05) is 7.11 Å². The molecule has 2 nitrogen and oxygen atoms in total. The van der Waals surface area contributed by atoms with E-state index in [1.807, 2.05) is 12.1 Å². The lowest BCUT2D eigenvalue weighted by Gasteiger charge is -2.31. The van der Waals surface area contributed by atoms with Crippen molar-refractivity contribution in [2.24, 2.45) is 0 Å². The summed E-state index contributed by atoms with van der Waals surface area (Å²) in [5.74, 6) is 1.80. The molecule has 0 N–H and O–H groups in total. The minimum atomic E-state index is 0.124. The molecule has 3 rings (SSSR count). The predicted octanol–water partition coefficient (Wildman–Crippen LogP) is 3.06. The average Bonchev–Trinajstić information content (AvgIpc) is 2.62. The van der Waals surface area contributed by atoms with E-state index < -0.39 is 0 Å². The van der Waals surface area contributed by atoms with E-state index >= 15 is 0 Å². The van der Waals surface area contributed by atoms with Crippen LogP contribution in [-0.4, -0.2) is 13.2 Å². The van der Waals surface area contributed by atoms with Crippen LogP contribution in [0.5, 0.6) is 11.5 Å². The molecule has 0 spiro atoms. The molecule has 0 bridgehead atoms. The van der Waals surface area contributed by atoms with Crippen LogP contribution in [0, 0.1) is 0 Å². The molecule has 2 unspecified atom stereocenters. The van der Waals surface area contributed by atoms with Crippen LogP contribution in [0.15, 0.2) is 30.4 Å². The molecule has 0 fully saturated rings. The normalized spacial score (nSPS) is 30.5.